The van der Waals surface area contributed by atoms with Crippen molar-refractivity contribution in [2.45, 2.75) is 53.5 Å². The second kappa shape index (κ2) is 6.01. The Morgan fingerprint density at radius 3 is 2.15 bits per heavy atom. The molecule has 108 valence electrons. The Labute approximate surface area is 126 Å². The molecule has 0 radical (unpaired) electrons. The van der Waals surface area contributed by atoms with Crippen molar-refractivity contribution >= 4 is 11.6 Å². The third-order valence-corrected chi connectivity index (χ3v) is 4.11. The third kappa shape index (κ3) is 2.49. The molecule has 0 saturated carbocycles. The van der Waals surface area contributed by atoms with Crippen LogP contribution in [0.5, 0.6) is 0 Å². The lowest BCUT2D eigenvalue weighted by atomic mass is 9.94. The zero-order valence-electron chi connectivity index (χ0n) is 13.0. The first-order chi connectivity index (χ1) is 9.53. The van der Waals surface area contributed by atoms with Gasteiger partial charge in [-0.2, -0.15) is 5.10 Å². The molecule has 0 N–H and O–H groups in total. The number of nitrogens with zero attached hydrogens (tertiary/aromatic N) is 2. The lowest BCUT2D eigenvalue weighted by molar-refractivity contribution is 0.636. The van der Waals surface area contributed by atoms with E-state index in [2.05, 4.69) is 46.8 Å². The molecule has 0 atom stereocenters. The molecular formula is C17H23ClN2. The largest absolute Gasteiger partial charge is 0.268 e. The van der Waals surface area contributed by atoms with Crippen LogP contribution in [0.3, 0.4) is 0 Å². The molecule has 0 amide bonds. The van der Waals surface area contributed by atoms with E-state index in [1.807, 2.05) is 4.68 Å². The molecule has 0 unspecified atom stereocenters. The summed E-state index contributed by atoms with van der Waals surface area (Å²) in [5.41, 5.74) is 8.71. The molecule has 0 fully saturated rings. The normalized spacial score (nSPS) is 11.1. The number of aromatic nitrogens is 2. The average Bonchev–Trinajstić information content (AvgIpc) is 2.74. The molecule has 20 heavy (non-hydrogen) atoms. The van der Waals surface area contributed by atoms with E-state index in [-0.39, 0.29) is 0 Å². The molecular weight excluding hydrogens is 268 g/mol. The monoisotopic (exact) mass is 290 g/mol. The van der Waals surface area contributed by atoms with Gasteiger partial charge in [-0.3, -0.25) is 4.68 Å². The van der Waals surface area contributed by atoms with Gasteiger partial charge in [0.1, 0.15) is 0 Å². The Balaban J connectivity index is 2.73. The molecule has 0 aliphatic carbocycles. The van der Waals surface area contributed by atoms with Crippen molar-refractivity contribution in [3.63, 3.8) is 0 Å². The van der Waals surface area contributed by atoms with E-state index in [9.17, 15) is 0 Å². The maximum Gasteiger partial charge on any atom is 0.0963 e. The highest BCUT2D eigenvalue weighted by atomic mass is 35.5. The first-order valence-corrected chi connectivity index (χ1v) is 7.79. The molecule has 0 aliphatic rings. The Hall–Kier alpha value is -1.28. The minimum Gasteiger partial charge on any atom is -0.268 e. The van der Waals surface area contributed by atoms with Crippen molar-refractivity contribution < 1.29 is 0 Å². The minimum atomic E-state index is 0.522. The first kappa shape index (κ1) is 15.1. The number of hydrogen-bond donors (Lipinski definition) is 0. The topological polar surface area (TPSA) is 17.8 Å². The van der Waals surface area contributed by atoms with Gasteiger partial charge >= 0.3 is 0 Å². The van der Waals surface area contributed by atoms with E-state index in [0.29, 0.717) is 5.88 Å². The van der Waals surface area contributed by atoms with Gasteiger partial charge in [0.2, 0.25) is 0 Å². The second-order valence-electron chi connectivity index (χ2n) is 5.35. The van der Waals surface area contributed by atoms with Crippen LogP contribution in [0.2, 0.25) is 0 Å². The van der Waals surface area contributed by atoms with Crippen LogP contribution in [0.4, 0.5) is 0 Å². The van der Waals surface area contributed by atoms with Crippen molar-refractivity contribution in [3.8, 4) is 11.3 Å². The highest BCUT2D eigenvalue weighted by Gasteiger charge is 2.19. The van der Waals surface area contributed by atoms with Crippen LogP contribution in [-0.2, 0) is 18.8 Å². The standard InChI is InChI=1S/C17H23ClN2/c1-6-14-15(10-18)20(7-2)19-17(14)16-12(4)8-11(3)9-13(16)5/h8-9H,6-7,10H2,1-5H3. The summed E-state index contributed by atoms with van der Waals surface area (Å²) >= 11 is 6.14. The zero-order valence-corrected chi connectivity index (χ0v) is 13.8. The van der Waals surface area contributed by atoms with Gasteiger partial charge in [-0.25, -0.2) is 0 Å². The van der Waals surface area contributed by atoms with E-state index in [1.165, 1.54) is 27.8 Å². The summed E-state index contributed by atoms with van der Waals surface area (Å²) in [6.45, 7) is 11.6. The van der Waals surface area contributed by atoms with Gasteiger partial charge in [0.25, 0.3) is 0 Å². The smallest absolute Gasteiger partial charge is 0.0963 e. The molecule has 3 heteroatoms. The SMILES string of the molecule is CCc1c(-c2c(C)cc(C)cc2C)nn(CC)c1CCl. The van der Waals surface area contributed by atoms with Gasteiger partial charge in [-0.15, -0.1) is 11.6 Å². The van der Waals surface area contributed by atoms with Crippen LogP contribution in [0.25, 0.3) is 11.3 Å². The summed E-state index contributed by atoms with van der Waals surface area (Å²) in [5.74, 6) is 0.522. The summed E-state index contributed by atoms with van der Waals surface area (Å²) in [5, 5.41) is 4.82. The number of alkyl halides is 1. The number of aryl methyl sites for hydroxylation is 4. The molecule has 2 aromatic rings. The Morgan fingerprint density at radius 2 is 1.70 bits per heavy atom. The maximum atomic E-state index is 6.14. The van der Waals surface area contributed by atoms with E-state index in [0.717, 1.165) is 24.4 Å². The highest BCUT2D eigenvalue weighted by Crippen LogP contribution is 2.32. The summed E-state index contributed by atoms with van der Waals surface area (Å²) in [4.78, 5) is 0. The van der Waals surface area contributed by atoms with E-state index in [4.69, 9.17) is 16.7 Å². The van der Waals surface area contributed by atoms with Crippen LogP contribution in [0.1, 0.15) is 41.8 Å². The summed E-state index contributed by atoms with van der Waals surface area (Å²) < 4.78 is 2.04. The van der Waals surface area contributed by atoms with E-state index in [1.54, 1.807) is 0 Å². The average molecular weight is 291 g/mol. The lowest BCUT2D eigenvalue weighted by Gasteiger charge is -2.10. The van der Waals surface area contributed by atoms with Gasteiger partial charge in [0, 0.05) is 17.7 Å². The van der Waals surface area contributed by atoms with Crippen molar-refractivity contribution in [2.24, 2.45) is 0 Å². The molecule has 0 spiro atoms. The molecule has 0 saturated heterocycles. The zero-order chi connectivity index (χ0) is 14.9. The molecule has 1 aromatic carbocycles. The van der Waals surface area contributed by atoms with Gasteiger partial charge in [0.05, 0.1) is 17.3 Å². The highest BCUT2D eigenvalue weighted by molar-refractivity contribution is 6.17. The van der Waals surface area contributed by atoms with Gasteiger partial charge < -0.3 is 0 Å². The van der Waals surface area contributed by atoms with Crippen LogP contribution >= 0.6 is 11.6 Å². The third-order valence-electron chi connectivity index (χ3n) is 3.86. The van der Waals surface area contributed by atoms with Crippen molar-refractivity contribution in [3.05, 3.63) is 40.1 Å². The lowest BCUT2D eigenvalue weighted by Crippen LogP contribution is -2.01. The minimum absolute atomic E-state index is 0.522. The number of benzene rings is 1. The molecule has 1 aromatic heterocycles. The molecule has 1 heterocycles. The molecule has 2 rings (SSSR count). The van der Waals surface area contributed by atoms with Crippen molar-refractivity contribution in [1.29, 1.82) is 0 Å². The maximum absolute atomic E-state index is 6.14. The fourth-order valence-electron chi connectivity index (χ4n) is 3.07. The summed E-state index contributed by atoms with van der Waals surface area (Å²) in [7, 11) is 0. The van der Waals surface area contributed by atoms with Gasteiger partial charge in [-0.05, 0) is 45.2 Å². The summed E-state index contributed by atoms with van der Waals surface area (Å²) in [6.07, 6.45) is 0.962. The molecule has 0 aliphatic heterocycles. The van der Waals surface area contributed by atoms with Crippen LogP contribution in [0, 0.1) is 20.8 Å². The first-order valence-electron chi connectivity index (χ1n) is 7.26. The van der Waals surface area contributed by atoms with Crippen LogP contribution in [-0.4, -0.2) is 9.78 Å². The number of halogens is 1. The fourth-order valence-corrected chi connectivity index (χ4v) is 3.37. The fraction of sp³-hybridized carbons (Fsp3) is 0.471. The van der Waals surface area contributed by atoms with E-state index < -0.39 is 0 Å². The Bertz CT molecular complexity index is 603. The van der Waals surface area contributed by atoms with Gasteiger partial charge in [-0.1, -0.05) is 24.6 Å². The number of rotatable bonds is 4. The Morgan fingerprint density at radius 1 is 1.10 bits per heavy atom. The second-order valence-corrected chi connectivity index (χ2v) is 5.62. The molecule has 0 bridgehead atoms. The van der Waals surface area contributed by atoms with Crippen LogP contribution in [0.15, 0.2) is 12.1 Å². The quantitative estimate of drug-likeness (QED) is 0.740. The van der Waals surface area contributed by atoms with E-state index >= 15 is 0 Å². The summed E-state index contributed by atoms with van der Waals surface area (Å²) in [6, 6.07) is 4.46. The molecule has 2 nitrogen and oxygen atoms in total. The predicted octanol–water partition coefficient (Wildman–Crippen LogP) is 4.80. The van der Waals surface area contributed by atoms with Crippen LogP contribution < -0.4 is 0 Å². The Kier molecular flexibility index (Phi) is 4.54. The van der Waals surface area contributed by atoms with Gasteiger partial charge in [0.15, 0.2) is 0 Å². The van der Waals surface area contributed by atoms with Crippen molar-refractivity contribution in [1.82, 2.24) is 9.78 Å². The van der Waals surface area contributed by atoms with Crippen molar-refractivity contribution in [2.75, 3.05) is 0 Å². The predicted molar refractivity (Wildman–Crippen MR) is 86.5 cm³/mol. The number of hydrogen-bond acceptors (Lipinski definition) is 1.